The van der Waals surface area contributed by atoms with Crippen LogP contribution in [0.5, 0.6) is 0 Å². The van der Waals surface area contributed by atoms with Crippen molar-refractivity contribution in [2.75, 3.05) is 41.3 Å². The maximum atomic E-state index is 11.9. The number of ketones is 1. The summed E-state index contributed by atoms with van der Waals surface area (Å²) in [6.07, 6.45) is 2.16. The summed E-state index contributed by atoms with van der Waals surface area (Å²) >= 11 is 0. The summed E-state index contributed by atoms with van der Waals surface area (Å²) in [5, 5.41) is 0. The second-order valence-corrected chi connectivity index (χ2v) is 4.90. The first-order valence-electron chi connectivity index (χ1n) is 5.34. The van der Waals surface area contributed by atoms with E-state index in [0.717, 1.165) is 25.9 Å². The number of carbonyl (C=O) groups excluding carboxylic acids is 1. The number of hydrogen-bond acceptors (Lipinski definition) is 3. The van der Waals surface area contributed by atoms with Crippen molar-refractivity contribution in [2.24, 2.45) is 11.8 Å². The lowest BCUT2D eigenvalue weighted by Gasteiger charge is -2.17. The number of Topliss-reactive ketones (excluding diaryl/α,β-unsaturated/α-hetero) is 1. The molecule has 82 valence electrons. The van der Waals surface area contributed by atoms with E-state index in [2.05, 4.69) is 9.80 Å². The molecule has 0 amide bonds. The van der Waals surface area contributed by atoms with Crippen LogP contribution in [-0.2, 0) is 4.79 Å². The van der Waals surface area contributed by atoms with Crippen molar-refractivity contribution >= 4 is 5.78 Å². The molecule has 3 heteroatoms. The monoisotopic (exact) mass is 198 g/mol. The third-order valence-corrected chi connectivity index (χ3v) is 2.84. The molecule has 1 aliphatic carbocycles. The lowest BCUT2D eigenvalue weighted by Crippen LogP contribution is -2.30. The lowest BCUT2D eigenvalue weighted by molar-refractivity contribution is -0.124. The molecular weight excluding hydrogens is 176 g/mol. The van der Waals surface area contributed by atoms with E-state index >= 15 is 0 Å². The molecule has 1 rings (SSSR count). The fraction of sp³-hybridized carbons (Fsp3) is 0.909. The van der Waals surface area contributed by atoms with Gasteiger partial charge >= 0.3 is 0 Å². The number of rotatable bonds is 4. The number of carbonyl (C=O) groups is 1. The second-order valence-electron chi connectivity index (χ2n) is 4.90. The molecule has 0 saturated heterocycles. The summed E-state index contributed by atoms with van der Waals surface area (Å²) in [6.45, 7) is 1.84. The second kappa shape index (κ2) is 4.89. The SMILES string of the molecule is CN(C)CC1CCC(CN(C)C)C1=O. The fourth-order valence-electron chi connectivity index (χ4n) is 2.26. The number of hydrogen-bond donors (Lipinski definition) is 0. The van der Waals surface area contributed by atoms with Gasteiger partial charge in [-0.15, -0.1) is 0 Å². The highest BCUT2D eigenvalue weighted by molar-refractivity contribution is 5.85. The first kappa shape index (κ1) is 11.7. The van der Waals surface area contributed by atoms with Crippen LogP contribution in [-0.4, -0.2) is 56.9 Å². The average molecular weight is 198 g/mol. The Balaban J connectivity index is 2.43. The Labute approximate surface area is 87.1 Å². The summed E-state index contributed by atoms with van der Waals surface area (Å²) in [4.78, 5) is 16.1. The summed E-state index contributed by atoms with van der Waals surface area (Å²) in [5.41, 5.74) is 0. The van der Waals surface area contributed by atoms with Crippen LogP contribution in [0.25, 0.3) is 0 Å². The Bertz CT molecular complexity index is 181. The summed E-state index contributed by atoms with van der Waals surface area (Å²) in [5.74, 6) is 1.05. The molecule has 0 radical (unpaired) electrons. The van der Waals surface area contributed by atoms with Crippen LogP contribution < -0.4 is 0 Å². The molecule has 1 fully saturated rings. The molecule has 0 heterocycles. The van der Waals surface area contributed by atoms with Crippen molar-refractivity contribution in [1.82, 2.24) is 9.80 Å². The maximum absolute atomic E-state index is 11.9. The van der Waals surface area contributed by atoms with Gasteiger partial charge in [-0.05, 0) is 41.0 Å². The van der Waals surface area contributed by atoms with E-state index in [1.807, 2.05) is 28.2 Å². The van der Waals surface area contributed by atoms with Crippen molar-refractivity contribution in [1.29, 1.82) is 0 Å². The van der Waals surface area contributed by atoms with Gasteiger partial charge in [-0.25, -0.2) is 0 Å². The molecule has 0 aromatic carbocycles. The highest BCUT2D eigenvalue weighted by Gasteiger charge is 2.34. The van der Waals surface area contributed by atoms with Crippen LogP contribution in [0.1, 0.15) is 12.8 Å². The molecule has 1 aliphatic rings. The highest BCUT2D eigenvalue weighted by atomic mass is 16.1. The quantitative estimate of drug-likeness (QED) is 0.664. The first-order valence-corrected chi connectivity index (χ1v) is 5.34. The van der Waals surface area contributed by atoms with Gasteiger partial charge in [0.05, 0.1) is 0 Å². The minimum absolute atomic E-state index is 0.287. The van der Waals surface area contributed by atoms with E-state index < -0.39 is 0 Å². The Morgan fingerprint density at radius 3 is 1.64 bits per heavy atom. The smallest absolute Gasteiger partial charge is 0.141 e. The van der Waals surface area contributed by atoms with E-state index in [1.165, 1.54) is 0 Å². The minimum atomic E-state index is 0.287. The van der Waals surface area contributed by atoms with Crippen LogP contribution in [0.4, 0.5) is 0 Å². The average Bonchev–Trinajstić information content (AvgIpc) is 2.34. The highest BCUT2D eigenvalue weighted by Crippen LogP contribution is 2.27. The van der Waals surface area contributed by atoms with E-state index in [9.17, 15) is 4.79 Å². The fourth-order valence-corrected chi connectivity index (χ4v) is 2.26. The van der Waals surface area contributed by atoms with Gasteiger partial charge in [0.25, 0.3) is 0 Å². The van der Waals surface area contributed by atoms with Gasteiger partial charge < -0.3 is 9.80 Å². The zero-order valence-electron chi connectivity index (χ0n) is 9.79. The Morgan fingerprint density at radius 2 is 1.36 bits per heavy atom. The molecule has 0 aromatic heterocycles. The third kappa shape index (κ3) is 3.07. The lowest BCUT2D eigenvalue weighted by atomic mass is 10.0. The van der Waals surface area contributed by atoms with Gasteiger partial charge in [0, 0.05) is 24.9 Å². The van der Waals surface area contributed by atoms with Crippen LogP contribution in [0.2, 0.25) is 0 Å². The van der Waals surface area contributed by atoms with Crippen molar-refractivity contribution in [3.05, 3.63) is 0 Å². The molecule has 0 spiro atoms. The predicted octanol–water partition coefficient (Wildman–Crippen LogP) is 0.705. The summed E-state index contributed by atoms with van der Waals surface area (Å²) < 4.78 is 0. The van der Waals surface area contributed by atoms with Crippen molar-refractivity contribution in [3.8, 4) is 0 Å². The largest absolute Gasteiger partial charge is 0.309 e. The van der Waals surface area contributed by atoms with Crippen LogP contribution >= 0.6 is 0 Å². The van der Waals surface area contributed by atoms with E-state index in [0.29, 0.717) is 5.78 Å². The van der Waals surface area contributed by atoms with Crippen LogP contribution in [0.3, 0.4) is 0 Å². The molecule has 0 aromatic rings. The Morgan fingerprint density at radius 1 is 1.00 bits per heavy atom. The zero-order chi connectivity index (χ0) is 10.7. The normalized spacial score (nSPS) is 28.0. The van der Waals surface area contributed by atoms with E-state index in [-0.39, 0.29) is 11.8 Å². The number of nitrogens with zero attached hydrogens (tertiary/aromatic N) is 2. The minimum Gasteiger partial charge on any atom is -0.309 e. The Kier molecular flexibility index (Phi) is 4.08. The molecule has 2 unspecified atom stereocenters. The molecular formula is C11H22N2O. The zero-order valence-corrected chi connectivity index (χ0v) is 9.79. The van der Waals surface area contributed by atoms with Crippen LogP contribution in [0.15, 0.2) is 0 Å². The first-order chi connectivity index (χ1) is 6.50. The molecule has 14 heavy (non-hydrogen) atoms. The van der Waals surface area contributed by atoms with Gasteiger partial charge in [-0.3, -0.25) is 4.79 Å². The molecule has 0 N–H and O–H groups in total. The summed E-state index contributed by atoms with van der Waals surface area (Å²) in [7, 11) is 8.14. The third-order valence-electron chi connectivity index (χ3n) is 2.84. The molecule has 0 aliphatic heterocycles. The molecule has 2 atom stereocenters. The maximum Gasteiger partial charge on any atom is 0.141 e. The van der Waals surface area contributed by atoms with Gasteiger partial charge in [-0.2, -0.15) is 0 Å². The van der Waals surface area contributed by atoms with Crippen molar-refractivity contribution in [3.63, 3.8) is 0 Å². The van der Waals surface area contributed by atoms with Gasteiger partial charge in [-0.1, -0.05) is 0 Å². The topological polar surface area (TPSA) is 23.6 Å². The summed E-state index contributed by atoms with van der Waals surface area (Å²) in [6, 6.07) is 0. The van der Waals surface area contributed by atoms with Crippen molar-refractivity contribution < 1.29 is 4.79 Å². The van der Waals surface area contributed by atoms with Gasteiger partial charge in [0.2, 0.25) is 0 Å². The molecule has 0 bridgehead atoms. The van der Waals surface area contributed by atoms with Gasteiger partial charge in [0.1, 0.15) is 5.78 Å². The van der Waals surface area contributed by atoms with Crippen molar-refractivity contribution in [2.45, 2.75) is 12.8 Å². The van der Waals surface area contributed by atoms with Crippen LogP contribution in [0, 0.1) is 11.8 Å². The Hall–Kier alpha value is -0.410. The molecule has 3 nitrogen and oxygen atoms in total. The standard InChI is InChI=1S/C11H22N2O/c1-12(2)7-9-5-6-10(11(9)14)8-13(3)4/h9-10H,5-8H2,1-4H3. The van der Waals surface area contributed by atoms with Gasteiger partial charge in [0.15, 0.2) is 0 Å². The molecule has 1 saturated carbocycles. The van der Waals surface area contributed by atoms with E-state index in [1.54, 1.807) is 0 Å². The van der Waals surface area contributed by atoms with E-state index in [4.69, 9.17) is 0 Å². The predicted molar refractivity (Wildman–Crippen MR) is 58.3 cm³/mol.